The van der Waals surface area contributed by atoms with Gasteiger partial charge in [0, 0.05) is 38.8 Å². The Morgan fingerprint density at radius 2 is 1.88 bits per heavy atom. The van der Waals surface area contributed by atoms with Crippen molar-refractivity contribution in [2.45, 2.75) is 39.4 Å². The lowest BCUT2D eigenvalue weighted by molar-refractivity contribution is 0.265. The fourth-order valence-corrected chi connectivity index (χ4v) is 3.61. The Balaban J connectivity index is 0.00000243. The Morgan fingerprint density at radius 3 is 2.58 bits per heavy atom. The molecule has 0 amide bonds. The molecule has 0 spiro atoms. The lowest BCUT2D eigenvalue weighted by Gasteiger charge is -2.22. The van der Waals surface area contributed by atoms with Crippen LogP contribution >= 0.6 is 24.0 Å². The van der Waals surface area contributed by atoms with Crippen LogP contribution in [-0.2, 0) is 6.54 Å². The molecule has 0 aliphatic carbocycles. The lowest BCUT2D eigenvalue weighted by Crippen LogP contribution is -2.46. The summed E-state index contributed by atoms with van der Waals surface area (Å²) in [6.45, 7) is 9.85. The van der Waals surface area contributed by atoms with E-state index >= 15 is 0 Å². The van der Waals surface area contributed by atoms with Crippen molar-refractivity contribution in [1.82, 2.24) is 15.5 Å². The highest BCUT2D eigenvalue weighted by Crippen LogP contribution is 2.19. The molecule has 26 heavy (non-hydrogen) atoms. The van der Waals surface area contributed by atoms with Crippen LogP contribution in [-0.4, -0.2) is 43.1 Å². The molecule has 0 saturated carbocycles. The van der Waals surface area contributed by atoms with Gasteiger partial charge in [0.15, 0.2) is 5.96 Å². The lowest BCUT2D eigenvalue weighted by atomic mass is 10.0. The van der Waals surface area contributed by atoms with Crippen LogP contribution in [0.15, 0.2) is 47.5 Å². The van der Waals surface area contributed by atoms with Crippen molar-refractivity contribution in [2.75, 3.05) is 20.1 Å². The van der Waals surface area contributed by atoms with E-state index in [1.54, 1.807) is 0 Å². The second kappa shape index (κ2) is 9.55. The molecule has 0 radical (unpaired) electrons. The first-order valence-corrected chi connectivity index (χ1v) is 9.26. The molecule has 2 aromatic carbocycles. The van der Waals surface area contributed by atoms with E-state index in [1.165, 1.54) is 16.3 Å². The summed E-state index contributed by atoms with van der Waals surface area (Å²) in [7, 11) is 1.85. The number of hydrogen-bond donors (Lipinski definition) is 2. The van der Waals surface area contributed by atoms with E-state index < -0.39 is 0 Å². The van der Waals surface area contributed by atoms with Crippen LogP contribution in [0.2, 0.25) is 0 Å². The molecule has 2 atom stereocenters. The van der Waals surface area contributed by atoms with E-state index in [0.717, 1.165) is 25.6 Å². The molecule has 0 aromatic heterocycles. The molecule has 1 aliphatic rings. The van der Waals surface area contributed by atoms with Gasteiger partial charge in [-0.2, -0.15) is 0 Å². The fraction of sp³-hybridized carbons (Fsp3) is 0.476. The number of rotatable bonds is 4. The highest BCUT2D eigenvalue weighted by molar-refractivity contribution is 14.0. The van der Waals surface area contributed by atoms with Gasteiger partial charge in [-0.05, 0) is 36.1 Å². The Morgan fingerprint density at radius 1 is 1.15 bits per heavy atom. The molecule has 5 heteroatoms. The molecular weight excluding hydrogens is 435 g/mol. The maximum Gasteiger partial charge on any atom is 0.191 e. The molecule has 1 fully saturated rings. The number of hydrogen-bond acceptors (Lipinski definition) is 2. The minimum Gasteiger partial charge on any atom is -0.352 e. The molecule has 3 rings (SSSR count). The van der Waals surface area contributed by atoms with Crippen molar-refractivity contribution < 1.29 is 0 Å². The predicted molar refractivity (Wildman–Crippen MR) is 122 cm³/mol. The number of benzene rings is 2. The van der Waals surface area contributed by atoms with E-state index in [-0.39, 0.29) is 24.0 Å². The van der Waals surface area contributed by atoms with Gasteiger partial charge in [-0.3, -0.25) is 9.89 Å². The number of nitrogens with one attached hydrogen (secondary N) is 2. The second-order valence-corrected chi connectivity index (χ2v) is 7.34. The van der Waals surface area contributed by atoms with Gasteiger partial charge in [-0.25, -0.2) is 0 Å². The molecule has 1 heterocycles. The first-order valence-electron chi connectivity index (χ1n) is 9.26. The Hall–Kier alpha value is -1.34. The molecule has 1 saturated heterocycles. The van der Waals surface area contributed by atoms with Crippen LogP contribution in [0.5, 0.6) is 0 Å². The average Bonchev–Trinajstić information content (AvgIpc) is 2.99. The summed E-state index contributed by atoms with van der Waals surface area (Å²) in [4.78, 5) is 6.96. The molecular formula is C21H31IN4. The third-order valence-corrected chi connectivity index (χ3v) is 5.24. The number of halogens is 1. The summed E-state index contributed by atoms with van der Waals surface area (Å²) < 4.78 is 0. The minimum atomic E-state index is 0. The van der Waals surface area contributed by atoms with Gasteiger partial charge in [-0.1, -0.05) is 49.4 Å². The summed E-state index contributed by atoms with van der Waals surface area (Å²) in [5, 5.41) is 9.68. The van der Waals surface area contributed by atoms with Gasteiger partial charge in [0.1, 0.15) is 0 Å². The number of nitrogens with zero attached hydrogens (tertiary/aromatic N) is 2. The normalized spacial score (nSPS) is 21.0. The standard InChI is InChI=1S/C21H30N4.HI/c1-15(2)25-13-16(3)20(14-25)24-21(22-4)23-12-18-10-7-9-17-8-5-6-11-19(17)18;/h5-11,15-16,20H,12-14H2,1-4H3,(H2,22,23,24);1H. The van der Waals surface area contributed by atoms with Gasteiger partial charge in [0.05, 0.1) is 0 Å². The van der Waals surface area contributed by atoms with E-state index in [9.17, 15) is 0 Å². The zero-order chi connectivity index (χ0) is 17.8. The second-order valence-electron chi connectivity index (χ2n) is 7.34. The Kier molecular flexibility index (Phi) is 7.70. The van der Waals surface area contributed by atoms with Crippen molar-refractivity contribution in [1.29, 1.82) is 0 Å². The Labute approximate surface area is 174 Å². The summed E-state index contributed by atoms with van der Waals surface area (Å²) in [6.07, 6.45) is 0. The molecule has 4 nitrogen and oxygen atoms in total. The van der Waals surface area contributed by atoms with Gasteiger partial charge < -0.3 is 10.6 Å². The molecule has 2 aromatic rings. The van der Waals surface area contributed by atoms with Gasteiger partial charge in [0.25, 0.3) is 0 Å². The van der Waals surface area contributed by atoms with Crippen LogP contribution in [0.4, 0.5) is 0 Å². The maximum absolute atomic E-state index is 4.43. The zero-order valence-corrected chi connectivity index (χ0v) is 18.5. The third kappa shape index (κ3) is 4.88. The smallest absolute Gasteiger partial charge is 0.191 e. The molecule has 0 bridgehead atoms. The maximum atomic E-state index is 4.43. The van der Waals surface area contributed by atoms with Gasteiger partial charge >= 0.3 is 0 Å². The van der Waals surface area contributed by atoms with E-state index in [1.807, 2.05) is 7.05 Å². The highest BCUT2D eigenvalue weighted by Gasteiger charge is 2.31. The SMILES string of the molecule is CN=C(NCc1cccc2ccccc12)NC1CN(C(C)C)CC1C.I. The van der Waals surface area contributed by atoms with E-state index in [0.29, 0.717) is 18.0 Å². The average molecular weight is 466 g/mol. The van der Waals surface area contributed by atoms with Crippen molar-refractivity contribution in [3.8, 4) is 0 Å². The summed E-state index contributed by atoms with van der Waals surface area (Å²) in [5.41, 5.74) is 1.30. The first kappa shape index (κ1) is 21.0. The van der Waals surface area contributed by atoms with Gasteiger partial charge in [0.2, 0.25) is 0 Å². The molecule has 1 aliphatic heterocycles. The summed E-state index contributed by atoms with van der Waals surface area (Å²) >= 11 is 0. The van der Waals surface area contributed by atoms with Crippen LogP contribution in [0, 0.1) is 5.92 Å². The topological polar surface area (TPSA) is 39.7 Å². The van der Waals surface area contributed by atoms with Crippen molar-refractivity contribution in [3.05, 3.63) is 48.0 Å². The Bertz CT molecular complexity index is 738. The monoisotopic (exact) mass is 466 g/mol. The highest BCUT2D eigenvalue weighted by atomic mass is 127. The number of likely N-dealkylation sites (tertiary alicyclic amines) is 1. The third-order valence-electron chi connectivity index (χ3n) is 5.24. The van der Waals surface area contributed by atoms with Gasteiger partial charge in [-0.15, -0.1) is 24.0 Å². The van der Waals surface area contributed by atoms with E-state index in [2.05, 4.69) is 83.8 Å². The predicted octanol–water partition coefficient (Wildman–Crippen LogP) is 3.85. The summed E-state index contributed by atoms with van der Waals surface area (Å²) in [5.74, 6) is 1.51. The van der Waals surface area contributed by atoms with Crippen LogP contribution in [0.25, 0.3) is 10.8 Å². The largest absolute Gasteiger partial charge is 0.352 e. The first-order chi connectivity index (χ1) is 12.1. The van der Waals surface area contributed by atoms with Crippen molar-refractivity contribution in [3.63, 3.8) is 0 Å². The van der Waals surface area contributed by atoms with Crippen LogP contribution in [0.3, 0.4) is 0 Å². The van der Waals surface area contributed by atoms with E-state index in [4.69, 9.17) is 0 Å². The molecule has 2 unspecified atom stereocenters. The fourth-order valence-electron chi connectivity index (χ4n) is 3.61. The molecule has 2 N–H and O–H groups in total. The number of guanidine groups is 1. The summed E-state index contributed by atoms with van der Waals surface area (Å²) in [6, 6.07) is 16.0. The zero-order valence-electron chi connectivity index (χ0n) is 16.2. The van der Waals surface area contributed by atoms with Crippen LogP contribution in [0.1, 0.15) is 26.3 Å². The minimum absolute atomic E-state index is 0. The number of aliphatic imine (C=N–C) groups is 1. The molecule has 142 valence electrons. The number of fused-ring (bicyclic) bond motifs is 1. The quantitative estimate of drug-likeness (QED) is 0.409. The van der Waals surface area contributed by atoms with Crippen molar-refractivity contribution in [2.24, 2.45) is 10.9 Å². The van der Waals surface area contributed by atoms with Crippen LogP contribution < -0.4 is 10.6 Å². The van der Waals surface area contributed by atoms with Crippen molar-refractivity contribution >= 4 is 40.7 Å².